The molecule has 0 aromatic heterocycles. The molecule has 11 heteroatoms. The predicted molar refractivity (Wildman–Crippen MR) is 135 cm³/mol. The highest BCUT2D eigenvalue weighted by Crippen LogP contribution is 2.41. The molecule has 0 bridgehead atoms. The molecule has 9 nitrogen and oxygen atoms in total. The molecule has 8 N–H and O–H groups in total. The minimum atomic E-state index is -2.61. The Morgan fingerprint density at radius 1 is 0.706 bits per heavy atom. The summed E-state index contributed by atoms with van der Waals surface area (Å²) in [6.07, 6.45) is 0. The second kappa shape index (κ2) is 17.4. The van der Waals surface area contributed by atoms with Gasteiger partial charge in [0, 0.05) is 0 Å². The second-order valence-corrected chi connectivity index (χ2v) is 9.91. The molecule has 0 amide bonds. The third kappa shape index (κ3) is 12.1. The molecule has 0 aliphatic heterocycles. The van der Waals surface area contributed by atoms with Crippen LogP contribution in [-0.4, -0.2) is 66.4 Å². The Labute approximate surface area is 204 Å². The van der Waals surface area contributed by atoms with Crippen molar-refractivity contribution in [2.24, 2.45) is 5.41 Å². The summed E-state index contributed by atoms with van der Waals surface area (Å²) in [7, 11) is -5.22. The Hall–Kier alpha value is -1.06. The summed E-state index contributed by atoms with van der Waals surface area (Å²) in [6.45, 7) is 7.42. The van der Waals surface area contributed by atoms with Gasteiger partial charge >= 0.3 is 17.2 Å². The quantitative estimate of drug-likeness (QED) is 0.232. The fraction of sp³-hybridized carbons (Fsp3) is 0.478. The number of benzene rings is 2. The molecule has 2 aromatic rings. The molecule has 194 valence electrons. The van der Waals surface area contributed by atoms with Crippen molar-refractivity contribution in [3.63, 3.8) is 0 Å². The number of hydrogen-bond donors (Lipinski definition) is 8. The molecular weight excluding hydrogens is 482 g/mol. The predicted octanol–water partition coefficient (Wildman–Crippen LogP) is 2.97. The van der Waals surface area contributed by atoms with Crippen LogP contribution in [0.5, 0.6) is 0 Å². The fourth-order valence-corrected chi connectivity index (χ4v) is 3.19. The average Bonchev–Trinajstić information content (AvgIpc) is 2.81. The van der Waals surface area contributed by atoms with E-state index in [1.165, 1.54) is 22.3 Å². The van der Waals surface area contributed by atoms with Crippen molar-refractivity contribution < 1.29 is 44.3 Å². The zero-order valence-electron chi connectivity index (χ0n) is 20.0. The van der Waals surface area contributed by atoms with Crippen LogP contribution in [0, 0.1) is 5.41 Å². The lowest BCUT2D eigenvalue weighted by Crippen LogP contribution is -2.37. The maximum atomic E-state index is 8.50. The van der Waals surface area contributed by atoms with Crippen LogP contribution in [-0.2, 0) is 4.31 Å². The van der Waals surface area contributed by atoms with Crippen LogP contribution >= 0.6 is 17.2 Å². The van der Waals surface area contributed by atoms with Gasteiger partial charge in [0.25, 0.3) is 0 Å². The first-order valence-electron chi connectivity index (χ1n) is 10.6. The van der Waals surface area contributed by atoms with Gasteiger partial charge in [-0.2, -0.15) is 0 Å². The SMILES string of the molecule is CC(C)c1ccc(-c2ccccc2)c(C(C)C)c1.OCC(CO)(CO)CO.OP(O)OP(O)O. The third-order valence-corrected chi connectivity index (χ3v) is 6.11. The summed E-state index contributed by atoms with van der Waals surface area (Å²) in [5, 5.41) is 34.0. The van der Waals surface area contributed by atoms with E-state index in [4.69, 9.17) is 40.0 Å². The van der Waals surface area contributed by atoms with E-state index in [-0.39, 0.29) is 0 Å². The molecule has 0 unspecified atom stereocenters. The topological polar surface area (TPSA) is 171 Å². The van der Waals surface area contributed by atoms with Gasteiger partial charge in [-0.3, -0.25) is 0 Å². The molecule has 0 aliphatic rings. The van der Waals surface area contributed by atoms with Gasteiger partial charge in [-0.15, -0.1) is 0 Å². The highest BCUT2D eigenvalue weighted by molar-refractivity contribution is 7.53. The minimum Gasteiger partial charge on any atom is -0.396 e. The van der Waals surface area contributed by atoms with Crippen molar-refractivity contribution in [2.75, 3.05) is 26.4 Å². The number of aliphatic hydroxyl groups is 4. The molecule has 0 spiro atoms. The first-order chi connectivity index (χ1) is 16.0. The second-order valence-electron chi connectivity index (χ2n) is 8.24. The van der Waals surface area contributed by atoms with Crippen molar-refractivity contribution in [3.8, 4) is 11.1 Å². The fourth-order valence-electron chi connectivity index (χ4n) is 2.66. The van der Waals surface area contributed by atoms with Crippen LogP contribution in [0.3, 0.4) is 0 Å². The minimum absolute atomic E-state index is 0.406. The standard InChI is InChI=1S/C18H22.C5H12O4.H4O5P2/c1-13(2)16-10-11-17(18(12-16)14(3)4)15-8-6-5-7-9-15;6-1-5(2-7,3-8)4-9;1-6(2)5-7(3)4/h5-14H,1-4H3;6-9H,1-4H2;1-4H. The molecule has 0 heterocycles. The molecule has 34 heavy (non-hydrogen) atoms. The van der Waals surface area contributed by atoms with Crippen LogP contribution in [0.4, 0.5) is 0 Å². The van der Waals surface area contributed by atoms with Gasteiger partial charge in [0.2, 0.25) is 0 Å². The van der Waals surface area contributed by atoms with E-state index in [2.05, 4.69) is 80.5 Å². The van der Waals surface area contributed by atoms with Gasteiger partial charge in [0.05, 0.1) is 31.8 Å². The van der Waals surface area contributed by atoms with E-state index in [1.807, 2.05) is 0 Å². The zero-order chi connectivity index (χ0) is 26.3. The van der Waals surface area contributed by atoms with Gasteiger partial charge in [0.1, 0.15) is 0 Å². The summed E-state index contributed by atoms with van der Waals surface area (Å²) in [5.74, 6) is 1.14. The van der Waals surface area contributed by atoms with Gasteiger partial charge in [-0.05, 0) is 34.1 Å². The van der Waals surface area contributed by atoms with Gasteiger partial charge in [-0.25, -0.2) is 4.31 Å². The summed E-state index contributed by atoms with van der Waals surface area (Å²) >= 11 is 0. The van der Waals surface area contributed by atoms with Crippen LogP contribution in [0.2, 0.25) is 0 Å². The normalized spacial score (nSPS) is 11.4. The van der Waals surface area contributed by atoms with E-state index in [9.17, 15) is 0 Å². The lowest BCUT2D eigenvalue weighted by atomic mass is 9.88. The van der Waals surface area contributed by atoms with E-state index >= 15 is 0 Å². The summed E-state index contributed by atoms with van der Waals surface area (Å²) in [5.41, 5.74) is 4.46. The summed E-state index contributed by atoms with van der Waals surface area (Å²) < 4.78 is 3.60. The zero-order valence-corrected chi connectivity index (χ0v) is 21.8. The van der Waals surface area contributed by atoms with Crippen molar-refractivity contribution in [1.29, 1.82) is 0 Å². The van der Waals surface area contributed by atoms with Crippen LogP contribution < -0.4 is 0 Å². The first-order valence-corrected chi connectivity index (χ1v) is 13.0. The monoisotopic (exact) mass is 520 g/mol. The largest absolute Gasteiger partial charge is 0.396 e. The molecule has 0 atom stereocenters. The van der Waals surface area contributed by atoms with Gasteiger partial charge in [-0.1, -0.05) is 76.2 Å². The first kappa shape index (κ1) is 32.9. The summed E-state index contributed by atoms with van der Waals surface area (Å²) in [6, 6.07) is 17.6. The molecule has 2 rings (SSSR count). The maximum absolute atomic E-state index is 8.50. The van der Waals surface area contributed by atoms with Crippen molar-refractivity contribution in [2.45, 2.75) is 39.5 Å². The Morgan fingerprint density at radius 3 is 1.47 bits per heavy atom. The number of rotatable bonds is 9. The van der Waals surface area contributed by atoms with E-state index in [0.717, 1.165) is 0 Å². The molecule has 0 fully saturated rings. The molecule has 0 aliphatic carbocycles. The highest BCUT2D eigenvalue weighted by Gasteiger charge is 2.26. The van der Waals surface area contributed by atoms with E-state index in [1.54, 1.807) is 0 Å². The molecule has 0 saturated heterocycles. The third-order valence-electron chi connectivity index (χ3n) is 4.94. The Morgan fingerprint density at radius 2 is 1.18 bits per heavy atom. The van der Waals surface area contributed by atoms with Crippen LogP contribution in [0.25, 0.3) is 11.1 Å². The molecule has 0 radical (unpaired) electrons. The smallest absolute Gasteiger partial charge is 0.334 e. The van der Waals surface area contributed by atoms with Crippen molar-refractivity contribution in [1.82, 2.24) is 0 Å². The molecule has 2 aromatic carbocycles. The van der Waals surface area contributed by atoms with E-state index < -0.39 is 49.0 Å². The number of aliphatic hydroxyl groups excluding tert-OH is 4. The van der Waals surface area contributed by atoms with Crippen molar-refractivity contribution >= 4 is 17.2 Å². The average molecular weight is 520 g/mol. The summed E-state index contributed by atoms with van der Waals surface area (Å²) in [4.78, 5) is 31.3. The van der Waals surface area contributed by atoms with Gasteiger partial charge < -0.3 is 40.0 Å². The Kier molecular flexibility index (Phi) is 16.8. The highest BCUT2D eigenvalue weighted by atomic mass is 31.2. The number of hydrogen-bond acceptors (Lipinski definition) is 9. The maximum Gasteiger partial charge on any atom is 0.334 e. The Bertz CT molecular complexity index is 760. The van der Waals surface area contributed by atoms with E-state index in [0.29, 0.717) is 11.8 Å². The molecular formula is C23H38O9P2. The van der Waals surface area contributed by atoms with Gasteiger partial charge in [0.15, 0.2) is 0 Å². The molecule has 0 saturated carbocycles. The lowest BCUT2D eigenvalue weighted by Gasteiger charge is -2.23. The van der Waals surface area contributed by atoms with Crippen LogP contribution in [0.15, 0.2) is 48.5 Å². The van der Waals surface area contributed by atoms with Crippen molar-refractivity contribution in [3.05, 3.63) is 59.7 Å². The lowest BCUT2D eigenvalue weighted by molar-refractivity contribution is -0.0328. The Balaban J connectivity index is 0.000000571. The van der Waals surface area contributed by atoms with Crippen LogP contribution in [0.1, 0.15) is 50.7 Å².